The standard InChI is InChI=1S/C13H20FNO2/c1-4-17-9(2)12(15)8-10-5-6-13(16-3)11(14)7-10/h5-7,9,12H,4,8,15H2,1-3H3. The average Bonchev–Trinajstić information content (AvgIpc) is 2.29. The predicted molar refractivity (Wildman–Crippen MR) is 65.7 cm³/mol. The summed E-state index contributed by atoms with van der Waals surface area (Å²) >= 11 is 0. The van der Waals surface area contributed by atoms with Crippen LogP contribution in [-0.4, -0.2) is 25.9 Å². The third-order valence-corrected chi connectivity index (χ3v) is 2.72. The number of halogens is 1. The van der Waals surface area contributed by atoms with E-state index in [4.69, 9.17) is 15.2 Å². The molecule has 4 heteroatoms. The summed E-state index contributed by atoms with van der Waals surface area (Å²) in [6.45, 7) is 4.48. The molecule has 0 saturated heterocycles. The van der Waals surface area contributed by atoms with Gasteiger partial charge >= 0.3 is 0 Å². The van der Waals surface area contributed by atoms with Gasteiger partial charge < -0.3 is 15.2 Å². The Kier molecular flexibility index (Phi) is 5.38. The molecule has 1 aromatic rings. The molecule has 0 heterocycles. The largest absolute Gasteiger partial charge is 0.494 e. The van der Waals surface area contributed by atoms with Crippen LogP contribution in [0.3, 0.4) is 0 Å². The molecule has 2 atom stereocenters. The molecule has 2 unspecified atom stereocenters. The molecule has 2 N–H and O–H groups in total. The third-order valence-electron chi connectivity index (χ3n) is 2.72. The van der Waals surface area contributed by atoms with Gasteiger partial charge in [0.05, 0.1) is 13.2 Å². The molecule has 3 nitrogen and oxygen atoms in total. The van der Waals surface area contributed by atoms with E-state index >= 15 is 0 Å². The molecule has 0 fully saturated rings. The summed E-state index contributed by atoms with van der Waals surface area (Å²) < 4.78 is 23.7. The first-order chi connectivity index (χ1) is 8.08. The van der Waals surface area contributed by atoms with Crippen molar-refractivity contribution in [2.24, 2.45) is 5.73 Å². The average molecular weight is 241 g/mol. The Balaban J connectivity index is 2.65. The quantitative estimate of drug-likeness (QED) is 0.829. The molecular weight excluding hydrogens is 221 g/mol. The summed E-state index contributed by atoms with van der Waals surface area (Å²) in [5.74, 6) is -0.110. The van der Waals surface area contributed by atoms with Crippen LogP contribution in [0.2, 0.25) is 0 Å². The van der Waals surface area contributed by atoms with Crippen molar-refractivity contribution < 1.29 is 13.9 Å². The molecule has 0 aromatic heterocycles. The number of methoxy groups -OCH3 is 1. The molecule has 96 valence electrons. The minimum atomic E-state index is -0.360. The van der Waals surface area contributed by atoms with E-state index < -0.39 is 0 Å². The number of hydrogen-bond donors (Lipinski definition) is 1. The van der Waals surface area contributed by atoms with E-state index in [2.05, 4.69) is 0 Å². The Morgan fingerprint density at radius 1 is 1.41 bits per heavy atom. The number of nitrogens with two attached hydrogens (primary N) is 1. The van der Waals surface area contributed by atoms with E-state index in [9.17, 15) is 4.39 Å². The van der Waals surface area contributed by atoms with Crippen LogP contribution in [0.4, 0.5) is 4.39 Å². The van der Waals surface area contributed by atoms with E-state index in [0.717, 1.165) is 5.56 Å². The lowest BCUT2D eigenvalue weighted by Crippen LogP contribution is -2.36. The zero-order valence-corrected chi connectivity index (χ0v) is 10.6. The zero-order chi connectivity index (χ0) is 12.8. The minimum Gasteiger partial charge on any atom is -0.494 e. The maximum Gasteiger partial charge on any atom is 0.165 e. The first kappa shape index (κ1) is 13.9. The predicted octanol–water partition coefficient (Wildman–Crippen LogP) is 2.13. The highest BCUT2D eigenvalue weighted by Gasteiger charge is 2.14. The van der Waals surface area contributed by atoms with E-state index in [1.54, 1.807) is 6.07 Å². The fourth-order valence-electron chi connectivity index (χ4n) is 1.66. The van der Waals surface area contributed by atoms with Gasteiger partial charge in [-0.05, 0) is 38.0 Å². The highest BCUT2D eigenvalue weighted by atomic mass is 19.1. The Hall–Kier alpha value is -1.13. The van der Waals surface area contributed by atoms with Gasteiger partial charge in [-0.25, -0.2) is 4.39 Å². The van der Waals surface area contributed by atoms with E-state index in [-0.39, 0.29) is 23.7 Å². The number of rotatable bonds is 6. The van der Waals surface area contributed by atoms with E-state index in [1.165, 1.54) is 13.2 Å². The van der Waals surface area contributed by atoms with Crippen LogP contribution < -0.4 is 10.5 Å². The molecular formula is C13H20FNO2. The van der Waals surface area contributed by atoms with Gasteiger partial charge in [0.25, 0.3) is 0 Å². The second-order valence-electron chi connectivity index (χ2n) is 4.00. The van der Waals surface area contributed by atoms with Crippen LogP contribution in [0.1, 0.15) is 19.4 Å². The summed E-state index contributed by atoms with van der Waals surface area (Å²) in [6.07, 6.45) is 0.549. The summed E-state index contributed by atoms with van der Waals surface area (Å²) in [5, 5.41) is 0. The van der Waals surface area contributed by atoms with Crippen molar-refractivity contribution in [2.45, 2.75) is 32.4 Å². The van der Waals surface area contributed by atoms with Crippen molar-refractivity contribution in [3.8, 4) is 5.75 Å². The highest BCUT2D eigenvalue weighted by Crippen LogP contribution is 2.18. The summed E-state index contributed by atoms with van der Waals surface area (Å²) in [6, 6.07) is 4.75. The van der Waals surface area contributed by atoms with Crippen molar-refractivity contribution in [1.29, 1.82) is 0 Å². The second-order valence-corrected chi connectivity index (χ2v) is 4.00. The normalized spacial score (nSPS) is 14.4. The monoisotopic (exact) mass is 241 g/mol. The Bertz CT molecular complexity index is 357. The van der Waals surface area contributed by atoms with Crippen molar-refractivity contribution in [3.05, 3.63) is 29.6 Å². The van der Waals surface area contributed by atoms with Crippen LogP contribution in [0.25, 0.3) is 0 Å². The molecule has 0 spiro atoms. The lowest BCUT2D eigenvalue weighted by Gasteiger charge is -2.20. The van der Waals surface area contributed by atoms with Crippen molar-refractivity contribution in [3.63, 3.8) is 0 Å². The first-order valence-corrected chi connectivity index (χ1v) is 5.78. The molecule has 0 bridgehead atoms. The van der Waals surface area contributed by atoms with E-state index in [1.807, 2.05) is 19.9 Å². The van der Waals surface area contributed by atoms with E-state index in [0.29, 0.717) is 13.0 Å². The Morgan fingerprint density at radius 2 is 2.12 bits per heavy atom. The van der Waals surface area contributed by atoms with Gasteiger partial charge in [0.2, 0.25) is 0 Å². The van der Waals surface area contributed by atoms with Gasteiger partial charge in [-0.2, -0.15) is 0 Å². The lowest BCUT2D eigenvalue weighted by atomic mass is 10.0. The zero-order valence-electron chi connectivity index (χ0n) is 10.6. The second kappa shape index (κ2) is 6.57. The molecule has 0 aliphatic rings. The summed E-state index contributed by atoms with van der Waals surface area (Å²) in [4.78, 5) is 0. The topological polar surface area (TPSA) is 44.5 Å². The van der Waals surface area contributed by atoms with Crippen LogP contribution in [0.5, 0.6) is 5.75 Å². The van der Waals surface area contributed by atoms with Gasteiger partial charge in [-0.1, -0.05) is 6.07 Å². The smallest absolute Gasteiger partial charge is 0.165 e. The van der Waals surface area contributed by atoms with Gasteiger partial charge in [0.15, 0.2) is 11.6 Å². The van der Waals surface area contributed by atoms with Crippen LogP contribution in [0.15, 0.2) is 18.2 Å². The minimum absolute atomic E-state index is 0.0369. The molecule has 1 rings (SSSR count). The maximum atomic E-state index is 13.5. The summed E-state index contributed by atoms with van der Waals surface area (Å²) in [5.41, 5.74) is 6.83. The molecule has 0 radical (unpaired) electrons. The van der Waals surface area contributed by atoms with Gasteiger partial charge in [-0.3, -0.25) is 0 Å². The van der Waals surface area contributed by atoms with Crippen LogP contribution in [-0.2, 0) is 11.2 Å². The Labute approximate surface area is 102 Å². The maximum absolute atomic E-state index is 13.5. The molecule has 1 aromatic carbocycles. The first-order valence-electron chi connectivity index (χ1n) is 5.78. The fraction of sp³-hybridized carbons (Fsp3) is 0.538. The fourth-order valence-corrected chi connectivity index (χ4v) is 1.66. The van der Waals surface area contributed by atoms with Gasteiger partial charge in [0, 0.05) is 12.6 Å². The summed E-state index contributed by atoms with van der Waals surface area (Å²) in [7, 11) is 1.45. The SMILES string of the molecule is CCOC(C)C(N)Cc1ccc(OC)c(F)c1. The van der Waals surface area contributed by atoms with Gasteiger partial charge in [0.1, 0.15) is 0 Å². The van der Waals surface area contributed by atoms with Crippen molar-refractivity contribution in [1.82, 2.24) is 0 Å². The lowest BCUT2D eigenvalue weighted by molar-refractivity contribution is 0.0577. The number of hydrogen-bond acceptors (Lipinski definition) is 3. The van der Waals surface area contributed by atoms with Crippen molar-refractivity contribution in [2.75, 3.05) is 13.7 Å². The number of benzene rings is 1. The van der Waals surface area contributed by atoms with Crippen LogP contribution in [0, 0.1) is 5.82 Å². The van der Waals surface area contributed by atoms with Crippen LogP contribution >= 0.6 is 0 Å². The molecule has 0 amide bonds. The molecule has 17 heavy (non-hydrogen) atoms. The Morgan fingerprint density at radius 3 is 2.65 bits per heavy atom. The molecule has 0 saturated carbocycles. The molecule has 0 aliphatic carbocycles. The third kappa shape index (κ3) is 3.98. The molecule has 0 aliphatic heterocycles. The number of ether oxygens (including phenoxy) is 2. The van der Waals surface area contributed by atoms with Crippen molar-refractivity contribution >= 4 is 0 Å². The highest BCUT2D eigenvalue weighted by molar-refractivity contribution is 5.29. The van der Waals surface area contributed by atoms with Gasteiger partial charge in [-0.15, -0.1) is 0 Å².